The summed E-state index contributed by atoms with van der Waals surface area (Å²) in [6.45, 7) is 10.4. The number of nitrogens with zero attached hydrogens (tertiary/aromatic N) is 2. The summed E-state index contributed by atoms with van der Waals surface area (Å²) in [4.78, 5) is 48.1. The fourth-order valence-electron chi connectivity index (χ4n) is 4.37. The van der Waals surface area contributed by atoms with Gasteiger partial charge in [-0.25, -0.2) is 14.2 Å². The first-order valence-electron chi connectivity index (χ1n) is 12.8. The molecule has 1 saturated heterocycles. The molecule has 36 heavy (non-hydrogen) atoms. The smallest absolute Gasteiger partial charge is 0.319 e. The van der Waals surface area contributed by atoms with Gasteiger partial charge in [-0.1, -0.05) is 33.8 Å². The number of halogens is 1. The minimum absolute atomic E-state index is 0.0500. The molecule has 4 amide bonds. The molecule has 3 rings (SSSR count). The molecule has 1 fully saturated rings. The molecular weight excluding hydrogens is 463 g/mol. The predicted octanol–water partition coefficient (Wildman–Crippen LogP) is 4.12. The maximum atomic E-state index is 14.1. The number of imidazole rings is 1. The fraction of sp³-hybridized carbons (Fsp3) is 0.615. The lowest BCUT2D eigenvalue weighted by Crippen LogP contribution is -2.60. The molecule has 4 N–H and O–H groups in total. The molecule has 0 saturated carbocycles. The zero-order valence-electron chi connectivity index (χ0n) is 21.9. The highest BCUT2D eigenvalue weighted by atomic mass is 19.1. The first kappa shape index (κ1) is 27.4. The van der Waals surface area contributed by atoms with Crippen LogP contribution in [0, 0.1) is 11.2 Å². The molecule has 3 atom stereocenters. The van der Waals surface area contributed by atoms with Crippen LogP contribution in [-0.4, -0.2) is 51.5 Å². The van der Waals surface area contributed by atoms with Crippen molar-refractivity contribution in [2.45, 2.75) is 91.4 Å². The molecule has 0 unspecified atom stereocenters. The number of piperidine rings is 1. The third kappa shape index (κ3) is 7.18. The van der Waals surface area contributed by atoms with Crippen molar-refractivity contribution in [3.63, 3.8) is 0 Å². The van der Waals surface area contributed by atoms with E-state index in [0.717, 1.165) is 25.7 Å². The monoisotopic (exact) mass is 502 g/mol. The van der Waals surface area contributed by atoms with E-state index in [1.54, 1.807) is 24.0 Å². The van der Waals surface area contributed by atoms with E-state index in [-0.39, 0.29) is 35.3 Å². The van der Waals surface area contributed by atoms with Crippen molar-refractivity contribution in [2.75, 3.05) is 6.54 Å². The van der Waals surface area contributed by atoms with Gasteiger partial charge in [0.2, 0.25) is 5.91 Å². The summed E-state index contributed by atoms with van der Waals surface area (Å²) in [5.41, 5.74) is 0.651. The molecular formula is C26H39FN6O3. The Kier molecular flexibility index (Phi) is 8.92. The number of hydrogen-bond donors (Lipinski definition) is 4. The normalized spacial score (nSPS) is 17.9. The van der Waals surface area contributed by atoms with Gasteiger partial charge in [0.1, 0.15) is 11.3 Å². The van der Waals surface area contributed by atoms with Crippen molar-refractivity contribution < 1.29 is 18.8 Å². The number of aromatic amines is 1. The molecule has 0 radical (unpaired) electrons. The number of likely N-dealkylation sites (tertiary alicyclic amines) is 1. The Balaban J connectivity index is 1.73. The van der Waals surface area contributed by atoms with Gasteiger partial charge in [-0.3, -0.25) is 9.59 Å². The lowest BCUT2D eigenvalue weighted by atomic mass is 9.90. The number of carbonyl (C=O) groups is 3. The molecule has 1 aromatic carbocycles. The molecule has 198 valence electrons. The van der Waals surface area contributed by atoms with Gasteiger partial charge in [0.05, 0.1) is 11.6 Å². The van der Waals surface area contributed by atoms with Crippen LogP contribution in [0.3, 0.4) is 0 Å². The van der Waals surface area contributed by atoms with Crippen LogP contribution in [0.15, 0.2) is 18.2 Å². The summed E-state index contributed by atoms with van der Waals surface area (Å²) in [5.74, 6) is -0.994. The number of benzene rings is 1. The average Bonchev–Trinajstić information content (AvgIpc) is 3.28. The van der Waals surface area contributed by atoms with Crippen LogP contribution in [-0.2, 0) is 9.59 Å². The fourth-order valence-corrected chi connectivity index (χ4v) is 4.37. The van der Waals surface area contributed by atoms with Crippen molar-refractivity contribution in [3.05, 3.63) is 29.8 Å². The second kappa shape index (κ2) is 11.7. The Hall–Kier alpha value is -3.17. The van der Waals surface area contributed by atoms with E-state index < -0.39 is 23.9 Å². The third-order valence-electron chi connectivity index (χ3n) is 6.55. The Labute approximate surface area is 212 Å². The van der Waals surface area contributed by atoms with Crippen molar-refractivity contribution in [3.8, 4) is 0 Å². The Bertz CT molecular complexity index is 1080. The van der Waals surface area contributed by atoms with Crippen molar-refractivity contribution in [1.29, 1.82) is 0 Å². The van der Waals surface area contributed by atoms with Crippen LogP contribution in [0.4, 0.5) is 9.18 Å². The van der Waals surface area contributed by atoms with Crippen LogP contribution in [0.2, 0.25) is 0 Å². The highest BCUT2D eigenvalue weighted by molar-refractivity contribution is 5.91. The number of carbonyl (C=O) groups excluding carboxylic acids is 3. The van der Waals surface area contributed by atoms with E-state index in [1.807, 2.05) is 27.7 Å². The standard InChI is InChI=1S/C26H39FN6O3/c1-6-17-10-7-8-15-33(17)25(36)32-23(30-20(34)13-14-26(3,4)5)24(35)28-16(2)22-29-19-12-9-11-18(27)21(19)31-22/h9,11-12,16-17,23H,6-8,10,13-15H2,1-5H3,(H,28,35)(H,29,31)(H,30,34)(H,32,36)/t16-,17+,23+/m1/s1. The number of para-hydroxylation sites is 1. The largest absolute Gasteiger partial charge is 0.343 e. The first-order chi connectivity index (χ1) is 17.0. The number of aromatic nitrogens is 2. The topological polar surface area (TPSA) is 119 Å². The molecule has 1 aliphatic heterocycles. The minimum atomic E-state index is -1.26. The van der Waals surface area contributed by atoms with Crippen LogP contribution in [0.25, 0.3) is 11.0 Å². The molecule has 2 aromatic rings. The van der Waals surface area contributed by atoms with Crippen LogP contribution in [0.5, 0.6) is 0 Å². The highest BCUT2D eigenvalue weighted by Gasteiger charge is 2.31. The van der Waals surface area contributed by atoms with Gasteiger partial charge in [0, 0.05) is 19.0 Å². The zero-order chi connectivity index (χ0) is 26.5. The number of urea groups is 1. The van der Waals surface area contributed by atoms with Crippen molar-refractivity contribution in [2.24, 2.45) is 5.41 Å². The summed E-state index contributed by atoms with van der Waals surface area (Å²) in [6, 6.07) is 3.70. The number of amides is 4. The summed E-state index contributed by atoms with van der Waals surface area (Å²) < 4.78 is 14.1. The Morgan fingerprint density at radius 3 is 2.61 bits per heavy atom. The van der Waals surface area contributed by atoms with E-state index in [9.17, 15) is 18.8 Å². The average molecular weight is 503 g/mol. The summed E-state index contributed by atoms with van der Waals surface area (Å²) in [7, 11) is 0. The van der Waals surface area contributed by atoms with Crippen molar-refractivity contribution in [1.82, 2.24) is 30.8 Å². The Morgan fingerprint density at radius 2 is 1.94 bits per heavy atom. The quantitative estimate of drug-likeness (QED) is 0.406. The third-order valence-corrected chi connectivity index (χ3v) is 6.55. The highest BCUT2D eigenvalue weighted by Crippen LogP contribution is 2.22. The molecule has 0 aliphatic carbocycles. The van der Waals surface area contributed by atoms with Crippen LogP contribution in [0.1, 0.15) is 85.0 Å². The van der Waals surface area contributed by atoms with E-state index >= 15 is 0 Å². The molecule has 2 heterocycles. The van der Waals surface area contributed by atoms with Gasteiger partial charge >= 0.3 is 6.03 Å². The zero-order valence-corrected chi connectivity index (χ0v) is 21.9. The molecule has 1 aliphatic rings. The van der Waals surface area contributed by atoms with Gasteiger partial charge < -0.3 is 25.8 Å². The van der Waals surface area contributed by atoms with Crippen LogP contribution < -0.4 is 16.0 Å². The predicted molar refractivity (Wildman–Crippen MR) is 136 cm³/mol. The maximum Gasteiger partial charge on any atom is 0.319 e. The van der Waals surface area contributed by atoms with E-state index in [2.05, 4.69) is 25.9 Å². The second-order valence-electron chi connectivity index (χ2n) is 10.8. The van der Waals surface area contributed by atoms with Gasteiger partial charge in [0.15, 0.2) is 12.0 Å². The lowest BCUT2D eigenvalue weighted by molar-refractivity contribution is -0.130. The first-order valence-corrected chi connectivity index (χ1v) is 12.8. The molecule has 0 bridgehead atoms. The number of rotatable bonds is 8. The van der Waals surface area contributed by atoms with E-state index in [0.29, 0.717) is 24.3 Å². The van der Waals surface area contributed by atoms with E-state index in [1.165, 1.54) is 6.07 Å². The Morgan fingerprint density at radius 1 is 1.19 bits per heavy atom. The SMILES string of the molecule is CC[C@H]1CCCCN1C(=O)N[C@H](NC(=O)CCC(C)(C)C)C(=O)N[C@H](C)c1nc2c(F)cccc2[nH]1. The van der Waals surface area contributed by atoms with Gasteiger partial charge in [-0.2, -0.15) is 0 Å². The summed E-state index contributed by atoms with van der Waals surface area (Å²) >= 11 is 0. The maximum absolute atomic E-state index is 14.1. The molecule has 1 aromatic heterocycles. The number of H-pyrrole nitrogens is 1. The molecule has 9 nitrogen and oxygen atoms in total. The molecule has 0 spiro atoms. The minimum Gasteiger partial charge on any atom is -0.343 e. The lowest BCUT2D eigenvalue weighted by Gasteiger charge is -2.36. The number of fused-ring (bicyclic) bond motifs is 1. The van der Waals surface area contributed by atoms with Gasteiger partial charge in [-0.05, 0) is 56.6 Å². The molecule has 10 heteroatoms. The summed E-state index contributed by atoms with van der Waals surface area (Å²) in [6.07, 6.45) is 3.30. The van der Waals surface area contributed by atoms with Crippen molar-refractivity contribution >= 4 is 28.9 Å². The van der Waals surface area contributed by atoms with Gasteiger partial charge in [-0.15, -0.1) is 0 Å². The number of hydrogen-bond acceptors (Lipinski definition) is 4. The van der Waals surface area contributed by atoms with Crippen LogP contribution >= 0.6 is 0 Å². The number of nitrogens with one attached hydrogen (secondary N) is 4. The second-order valence-corrected chi connectivity index (χ2v) is 10.8. The van der Waals surface area contributed by atoms with Gasteiger partial charge in [0.25, 0.3) is 5.91 Å². The van der Waals surface area contributed by atoms with E-state index in [4.69, 9.17) is 0 Å². The summed E-state index contributed by atoms with van der Waals surface area (Å²) in [5, 5.41) is 8.19.